The van der Waals surface area contributed by atoms with Gasteiger partial charge < -0.3 is 9.64 Å². The maximum absolute atomic E-state index is 11.3. The zero-order chi connectivity index (χ0) is 10.4. The van der Waals surface area contributed by atoms with Gasteiger partial charge in [0, 0.05) is 27.4 Å². The summed E-state index contributed by atoms with van der Waals surface area (Å²) in [6.07, 6.45) is 1.50. The van der Waals surface area contributed by atoms with Crippen LogP contribution in [0.5, 0.6) is 0 Å². The van der Waals surface area contributed by atoms with Crippen LogP contribution in [0.15, 0.2) is 11.8 Å². The maximum atomic E-state index is 11.3. The highest BCUT2D eigenvalue weighted by Crippen LogP contribution is 2.00. The molecule has 0 radical (unpaired) electrons. The van der Waals surface area contributed by atoms with Crippen LogP contribution in [-0.2, 0) is 14.3 Å². The normalized spacial score (nSPS) is 11.2. The van der Waals surface area contributed by atoms with E-state index in [4.69, 9.17) is 0 Å². The number of carbonyl (C=O) groups excluding carboxylic acids is 2. The van der Waals surface area contributed by atoms with Gasteiger partial charge in [0.15, 0.2) is 11.6 Å². The average Bonchev–Trinajstić information content (AvgIpc) is 1.99. The van der Waals surface area contributed by atoms with E-state index in [1.165, 1.54) is 20.2 Å². The van der Waals surface area contributed by atoms with Gasteiger partial charge in [0.25, 0.3) is 0 Å². The van der Waals surface area contributed by atoms with E-state index in [2.05, 4.69) is 4.74 Å². The largest absolute Gasteiger partial charge is 0.383 e. The number of methoxy groups -OCH3 is 1. The van der Waals surface area contributed by atoms with Gasteiger partial charge in [-0.3, -0.25) is 9.59 Å². The Labute approximate surface area is 78.2 Å². The quantitative estimate of drug-likeness (QED) is 0.349. The molecule has 0 aliphatic carbocycles. The van der Waals surface area contributed by atoms with E-state index in [0.29, 0.717) is 0 Å². The van der Waals surface area contributed by atoms with E-state index >= 15 is 0 Å². The van der Waals surface area contributed by atoms with Gasteiger partial charge in [-0.1, -0.05) is 0 Å². The maximum Gasteiger partial charge on any atom is 0.193 e. The average molecular weight is 185 g/mol. The minimum absolute atomic E-state index is 0.0563. The number of hydrogen-bond donors (Lipinski definition) is 0. The molecule has 0 N–H and O–H groups in total. The van der Waals surface area contributed by atoms with Crippen molar-refractivity contribution in [3.8, 4) is 0 Å². The molecule has 0 bridgehead atoms. The van der Waals surface area contributed by atoms with Gasteiger partial charge in [0.1, 0.15) is 6.61 Å². The lowest BCUT2D eigenvalue weighted by Gasteiger charge is -2.08. The molecular weight excluding hydrogens is 170 g/mol. The smallest absolute Gasteiger partial charge is 0.193 e. The van der Waals surface area contributed by atoms with Gasteiger partial charge >= 0.3 is 0 Å². The van der Waals surface area contributed by atoms with E-state index in [9.17, 15) is 9.59 Å². The molecule has 0 spiro atoms. The Kier molecular flexibility index (Phi) is 4.99. The van der Waals surface area contributed by atoms with Crippen LogP contribution < -0.4 is 0 Å². The monoisotopic (exact) mass is 185 g/mol. The van der Waals surface area contributed by atoms with E-state index in [1.807, 2.05) is 0 Å². The van der Waals surface area contributed by atoms with Crippen molar-refractivity contribution in [2.75, 3.05) is 27.8 Å². The molecule has 0 aliphatic heterocycles. The van der Waals surface area contributed by atoms with Crippen LogP contribution in [0.4, 0.5) is 0 Å². The summed E-state index contributed by atoms with van der Waals surface area (Å²) in [5.74, 6) is -0.528. The second-order valence-corrected chi connectivity index (χ2v) is 2.92. The molecule has 0 heterocycles. The van der Waals surface area contributed by atoms with Crippen molar-refractivity contribution < 1.29 is 14.3 Å². The molecule has 74 valence electrons. The van der Waals surface area contributed by atoms with E-state index in [-0.39, 0.29) is 23.7 Å². The predicted molar refractivity (Wildman–Crippen MR) is 49.3 cm³/mol. The molecule has 0 unspecified atom stereocenters. The summed E-state index contributed by atoms with van der Waals surface area (Å²) >= 11 is 0. The van der Waals surface area contributed by atoms with Gasteiger partial charge in [0.05, 0.1) is 5.57 Å². The lowest BCUT2D eigenvalue weighted by atomic mass is 10.1. The van der Waals surface area contributed by atoms with Crippen molar-refractivity contribution in [3.05, 3.63) is 11.8 Å². The molecule has 0 aromatic heterocycles. The third-order valence-corrected chi connectivity index (χ3v) is 1.34. The van der Waals surface area contributed by atoms with Crippen LogP contribution in [0.2, 0.25) is 0 Å². The predicted octanol–water partition coefficient (Wildman–Crippen LogP) is 0.236. The molecule has 0 fully saturated rings. The number of carbonyl (C=O) groups is 2. The number of nitrogens with zero attached hydrogens (tertiary/aromatic N) is 1. The van der Waals surface area contributed by atoms with Crippen molar-refractivity contribution in [1.29, 1.82) is 0 Å². The highest BCUT2D eigenvalue weighted by molar-refractivity contribution is 6.19. The summed E-state index contributed by atoms with van der Waals surface area (Å²) in [7, 11) is 4.93. The first-order chi connectivity index (χ1) is 5.99. The fraction of sp³-hybridized carbons (Fsp3) is 0.556. The summed E-state index contributed by atoms with van der Waals surface area (Å²) in [5, 5.41) is 0. The van der Waals surface area contributed by atoms with E-state index in [0.717, 1.165) is 0 Å². The number of ketones is 2. The van der Waals surface area contributed by atoms with Crippen molar-refractivity contribution >= 4 is 11.6 Å². The zero-order valence-electron chi connectivity index (χ0n) is 8.46. The standard InChI is InChI=1S/C9H15NO3/c1-7(11)8(5-10(2)3)9(12)6-13-4/h5H,6H2,1-4H3/b8-5+. The fourth-order valence-corrected chi connectivity index (χ4v) is 0.826. The third-order valence-electron chi connectivity index (χ3n) is 1.34. The third kappa shape index (κ3) is 4.42. The van der Waals surface area contributed by atoms with Crippen LogP contribution in [0.25, 0.3) is 0 Å². The molecule has 0 aromatic carbocycles. The first-order valence-corrected chi connectivity index (χ1v) is 3.90. The molecule has 0 aliphatic rings. The van der Waals surface area contributed by atoms with Crippen molar-refractivity contribution in [1.82, 2.24) is 4.90 Å². The molecule has 4 heteroatoms. The molecule has 0 amide bonds. The Bertz CT molecular complexity index is 231. The van der Waals surface area contributed by atoms with Crippen LogP contribution >= 0.6 is 0 Å². The summed E-state index contributed by atoms with van der Waals surface area (Å²) in [6.45, 7) is 1.31. The van der Waals surface area contributed by atoms with Crippen molar-refractivity contribution in [2.45, 2.75) is 6.92 Å². The van der Waals surface area contributed by atoms with Crippen LogP contribution in [-0.4, -0.2) is 44.3 Å². The number of hydrogen-bond acceptors (Lipinski definition) is 4. The highest BCUT2D eigenvalue weighted by Gasteiger charge is 2.13. The number of Topliss-reactive ketones (excluding diaryl/α,β-unsaturated/α-hetero) is 2. The van der Waals surface area contributed by atoms with Crippen LogP contribution in [0.3, 0.4) is 0 Å². The first kappa shape index (κ1) is 11.8. The second kappa shape index (κ2) is 5.48. The summed E-state index contributed by atoms with van der Waals surface area (Å²) < 4.78 is 4.66. The molecular formula is C9H15NO3. The number of rotatable bonds is 5. The molecule has 0 rings (SSSR count). The first-order valence-electron chi connectivity index (χ1n) is 3.90. The molecule has 0 saturated heterocycles. The molecule has 0 saturated carbocycles. The molecule has 0 aromatic rings. The SMILES string of the molecule is COCC(=O)/C(=C/N(C)C)C(C)=O. The van der Waals surface area contributed by atoms with Gasteiger partial charge in [-0.25, -0.2) is 0 Å². The fourth-order valence-electron chi connectivity index (χ4n) is 0.826. The van der Waals surface area contributed by atoms with Crippen molar-refractivity contribution in [3.63, 3.8) is 0 Å². The van der Waals surface area contributed by atoms with E-state index < -0.39 is 0 Å². The Morgan fingerprint density at radius 3 is 2.23 bits per heavy atom. The lowest BCUT2D eigenvalue weighted by molar-refractivity contribution is -0.122. The van der Waals surface area contributed by atoms with E-state index in [1.54, 1.807) is 19.0 Å². The minimum atomic E-state index is -0.288. The summed E-state index contributed by atoms with van der Waals surface area (Å²) in [4.78, 5) is 24.0. The van der Waals surface area contributed by atoms with Crippen LogP contribution in [0.1, 0.15) is 6.92 Å². The molecule has 13 heavy (non-hydrogen) atoms. The summed E-state index contributed by atoms with van der Waals surface area (Å²) in [6, 6.07) is 0. The Morgan fingerprint density at radius 2 is 1.92 bits per heavy atom. The number of ether oxygens (including phenoxy) is 1. The minimum Gasteiger partial charge on any atom is -0.383 e. The van der Waals surface area contributed by atoms with Crippen molar-refractivity contribution in [2.24, 2.45) is 0 Å². The zero-order valence-corrected chi connectivity index (χ0v) is 8.46. The van der Waals surface area contributed by atoms with Gasteiger partial charge in [-0.2, -0.15) is 0 Å². The van der Waals surface area contributed by atoms with Gasteiger partial charge in [-0.15, -0.1) is 0 Å². The Morgan fingerprint density at radius 1 is 1.38 bits per heavy atom. The van der Waals surface area contributed by atoms with Gasteiger partial charge in [-0.05, 0) is 6.92 Å². The topological polar surface area (TPSA) is 46.6 Å². The Balaban J connectivity index is 4.61. The molecule has 0 atom stereocenters. The highest BCUT2D eigenvalue weighted by atomic mass is 16.5. The summed E-state index contributed by atoms with van der Waals surface area (Å²) in [5.41, 5.74) is 0.173. The lowest BCUT2D eigenvalue weighted by Crippen LogP contribution is -2.18. The van der Waals surface area contributed by atoms with Gasteiger partial charge in [0.2, 0.25) is 0 Å². The Hall–Kier alpha value is -1.16. The van der Waals surface area contributed by atoms with Crippen LogP contribution in [0, 0.1) is 0 Å². The second-order valence-electron chi connectivity index (χ2n) is 2.92. The molecule has 4 nitrogen and oxygen atoms in total.